The maximum atomic E-state index is 12.3. The van der Waals surface area contributed by atoms with E-state index in [1.165, 1.54) is 31.0 Å². The van der Waals surface area contributed by atoms with Gasteiger partial charge in [0.25, 0.3) is 11.6 Å². The fourth-order valence-corrected chi connectivity index (χ4v) is 2.61. The number of amidine groups is 1. The minimum atomic E-state index is -0.628. The fourth-order valence-electron chi connectivity index (χ4n) is 1.89. The third kappa shape index (κ3) is 3.48. The van der Waals surface area contributed by atoms with E-state index >= 15 is 0 Å². The van der Waals surface area contributed by atoms with Crippen molar-refractivity contribution in [3.05, 3.63) is 27.8 Å². The van der Waals surface area contributed by atoms with Crippen molar-refractivity contribution in [3.63, 3.8) is 0 Å². The Kier molecular flexibility index (Phi) is 5.21. The fraction of sp³-hybridized carbons (Fsp3) is 0.385. The number of rotatable bonds is 5. The summed E-state index contributed by atoms with van der Waals surface area (Å²) in [5.41, 5.74) is -0.439. The molecule has 118 valence electrons. The molecule has 8 nitrogen and oxygen atoms in total. The Morgan fingerprint density at radius 3 is 2.82 bits per heavy atom. The normalized spacial score (nSPS) is 13.5. The number of aliphatic imine (C=N–C) groups is 1. The number of carbonyl (C=O) groups is 1. The van der Waals surface area contributed by atoms with Gasteiger partial charge in [-0.05, 0) is 6.92 Å². The SMILES string of the molecule is CCOc1cc(C(=O)NC2=NCCS2)c([N+](=O)[O-])cc1OC. The third-order valence-corrected chi connectivity index (χ3v) is 3.72. The van der Waals surface area contributed by atoms with E-state index in [1.807, 2.05) is 0 Å². The topological polar surface area (TPSA) is 103 Å². The summed E-state index contributed by atoms with van der Waals surface area (Å²) in [6.07, 6.45) is 0. The molecule has 22 heavy (non-hydrogen) atoms. The molecule has 0 saturated heterocycles. The van der Waals surface area contributed by atoms with Crippen LogP contribution < -0.4 is 14.8 Å². The maximum absolute atomic E-state index is 12.3. The van der Waals surface area contributed by atoms with Crippen molar-refractivity contribution in [1.29, 1.82) is 0 Å². The molecule has 1 aliphatic heterocycles. The molecule has 0 fully saturated rings. The second-order valence-corrected chi connectivity index (χ2v) is 5.28. The molecule has 1 N–H and O–H groups in total. The van der Waals surface area contributed by atoms with Crippen LogP contribution in [0.4, 0.5) is 5.69 Å². The molecule has 2 rings (SSSR count). The van der Waals surface area contributed by atoms with E-state index in [0.29, 0.717) is 18.3 Å². The molecular formula is C13H15N3O5S. The molecule has 1 heterocycles. The average Bonchev–Trinajstić information content (AvgIpc) is 2.99. The molecule has 0 atom stereocenters. The van der Waals surface area contributed by atoms with Gasteiger partial charge in [0.15, 0.2) is 16.7 Å². The van der Waals surface area contributed by atoms with Gasteiger partial charge in [-0.3, -0.25) is 19.9 Å². The highest BCUT2D eigenvalue weighted by Gasteiger charge is 2.26. The van der Waals surface area contributed by atoms with Crippen molar-refractivity contribution in [1.82, 2.24) is 5.32 Å². The van der Waals surface area contributed by atoms with Gasteiger partial charge in [-0.1, -0.05) is 11.8 Å². The van der Waals surface area contributed by atoms with Crippen molar-refractivity contribution in [2.24, 2.45) is 4.99 Å². The van der Waals surface area contributed by atoms with Crippen LogP contribution in [-0.4, -0.2) is 42.0 Å². The Morgan fingerprint density at radius 2 is 2.27 bits per heavy atom. The maximum Gasteiger partial charge on any atom is 0.286 e. The van der Waals surface area contributed by atoms with Crippen molar-refractivity contribution in [2.75, 3.05) is 26.0 Å². The van der Waals surface area contributed by atoms with E-state index in [4.69, 9.17) is 9.47 Å². The molecule has 1 aromatic carbocycles. The Morgan fingerprint density at radius 1 is 1.50 bits per heavy atom. The average molecular weight is 325 g/mol. The van der Waals surface area contributed by atoms with Gasteiger partial charge < -0.3 is 14.8 Å². The molecule has 0 bridgehead atoms. The smallest absolute Gasteiger partial charge is 0.286 e. The number of nitrogens with zero attached hydrogens (tertiary/aromatic N) is 2. The summed E-state index contributed by atoms with van der Waals surface area (Å²) >= 11 is 1.39. The first kappa shape index (κ1) is 16.1. The molecule has 0 saturated carbocycles. The standard InChI is InChI=1S/C13H15N3O5S/c1-3-21-11-6-8(9(16(18)19)7-10(11)20-2)12(17)15-13-14-4-5-22-13/h6-7H,3-5H2,1-2H3,(H,14,15,17). The number of ether oxygens (including phenoxy) is 2. The lowest BCUT2D eigenvalue weighted by Gasteiger charge is -2.11. The zero-order chi connectivity index (χ0) is 16.1. The predicted molar refractivity (Wildman–Crippen MR) is 83.0 cm³/mol. The summed E-state index contributed by atoms with van der Waals surface area (Å²) in [7, 11) is 1.38. The minimum absolute atomic E-state index is 0.0931. The number of benzene rings is 1. The van der Waals surface area contributed by atoms with Crippen LogP contribution in [0.25, 0.3) is 0 Å². The molecule has 9 heteroatoms. The number of thioether (sulfide) groups is 1. The van der Waals surface area contributed by atoms with Gasteiger partial charge in [0, 0.05) is 11.8 Å². The van der Waals surface area contributed by atoms with Gasteiger partial charge in [0.1, 0.15) is 5.56 Å². The molecule has 1 aliphatic rings. The van der Waals surface area contributed by atoms with Crippen molar-refractivity contribution >= 4 is 28.5 Å². The van der Waals surface area contributed by atoms with Crippen LogP contribution in [0.5, 0.6) is 11.5 Å². The Hall–Kier alpha value is -2.29. The van der Waals surface area contributed by atoms with Gasteiger partial charge in [0.2, 0.25) is 0 Å². The van der Waals surface area contributed by atoms with Crippen LogP contribution in [0.2, 0.25) is 0 Å². The molecule has 0 aromatic heterocycles. The number of methoxy groups -OCH3 is 1. The summed E-state index contributed by atoms with van der Waals surface area (Å²) < 4.78 is 10.4. The lowest BCUT2D eigenvalue weighted by Crippen LogP contribution is -2.28. The predicted octanol–water partition coefficient (Wildman–Crippen LogP) is 1.83. The van der Waals surface area contributed by atoms with Crippen LogP contribution in [-0.2, 0) is 0 Å². The zero-order valence-corrected chi connectivity index (χ0v) is 12.9. The van der Waals surface area contributed by atoms with Crippen LogP contribution in [0, 0.1) is 10.1 Å². The van der Waals surface area contributed by atoms with E-state index in [1.54, 1.807) is 6.92 Å². The Labute approximate surface area is 131 Å². The Bertz CT molecular complexity index is 632. The first-order valence-electron chi connectivity index (χ1n) is 6.54. The van der Waals surface area contributed by atoms with Crippen molar-refractivity contribution < 1.29 is 19.2 Å². The second kappa shape index (κ2) is 7.12. The largest absolute Gasteiger partial charge is 0.493 e. The summed E-state index contributed by atoms with van der Waals surface area (Å²) in [5, 5.41) is 14.2. The summed E-state index contributed by atoms with van der Waals surface area (Å²) in [5.74, 6) is 0.674. The number of nitro benzene ring substituents is 1. The monoisotopic (exact) mass is 325 g/mol. The number of nitrogens with one attached hydrogen (secondary N) is 1. The Balaban J connectivity index is 2.40. The molecule has 0 unspecified atom stereocenters. The van der Waals surface area contributed by atoms with Crippen LogP contribution in [0.15, 0.2) is 17.1 Å². The summed E-state index contributed by atoms with van der Waals surface area (Å²) in [6, 6.07) is 2.50. The first-order chi connectivity index (χ1) is 10.6. The molecule has 0 aliphatic carbocycles. The second-order valence-electron chi connectivity index (χ2n) is 4.20. The van der Waals surface area contributed by atoms with E-state index in [0.717, 1.165) is 5.75 Å². The van der Waals surface area contributed by atoms with E-state index in [9.17, 15) is 14.9 Å². The molecule has 1 amide bonds. The lowest BCUT2D eigenvalue weighted by molar-refractivity contribution is -0.385. The van der Waals surface area contributed by atoms with Gasteiger partial charge in [-0.25, -0.2) is 0 Å². The quantitative estimate of drug-likeness (QED) is 0.654. The highest BCUT2D eigenvalue weighted by Crippen LogP contribution is 2.34. The molecule has 0 spiro atoms. The molecule has 1 aromatic rings. The zero-order valence-electron chi connectivity index (χ0n) is 12.1. The van der Waals surface area contributed by atoms with E-state index in [-0.39, 0.29) is 22.7 Å². The van der Waals surface area contributed by atoms with Crippen LogP contribution >= 0.6 is 11.8 Å². The number of carbonyl (C=O) groups excluding carboxylic acids is 1. The number of amides is 1. The first-order valence-corrected chi connectivity index (χ1v) is 7.53. The van der Waals surface area contributed by atoms with E-state index < -0.39 is 10.8 Å². The van der Waals surface area contributed by atoms with Gasteiger partial charge in [-0.2, -0.15) is 0 Å². The van der Waals surface area contributed by atoms with E-state index in [2.05, 4.69) is 10.3 Å². The van der Waals surface area contributed by atoms with Crippen molar-refractivity contribution in [2.45, 2.75) is 6.92 Å². The summed E-state index contributed by atoms with van der Waals surface area (Å²) in [6.45, 7) is 2.73. The third-order valence-electron chi connectivity index (χ3n) is 2.83. The van der Waals surface area contributed by atoms with Crippen LogP contribution in [0.3, 0.4) is 0 Å². The van der Waals surface area contributed by atoms with Gasteiger partial charge >= 0.3 is 0 Å². The number of nitro groups is 1. The number of hydrogen-bond acceptors (Lipinski definition) is 7. The molecular weight excluding hydrogens is 310 g/mol. The number of hydrogen-bond donors (Lipinski definition) is 1. The summed E-state index contributed by atoms with van der Waals surface area (Å²) in [4.78, 5) is 26.9. The molecule has 0 radical (unpaired) electrons. The van der Waals surface area contributed by atoms with Crippen LogP contribution in [0.1, 0.15) is 17.3 Å². The lowest BCUT2D eigenvalue weighted by atomic mass is 10.1. The highest BCUT2D eigenvalue weighted by molar-refractivity contribution is 8.14. The van der Waals surface area contributed by atoms with Gasteiger partial charge in [-0.15, -0.1) is 0 Å². The van der Waals surface area contributed by atoms with Crippen molar-refractivity contribution in [3.8, 4) is 11.5 Å². The highest BCUT2D eigenvalue weighted by atomic mass is 32.2. The van der Waals surface area contributed by atoms with Gasteiger partial charge in [0.05, 0.1) is 31.3 Å². The minimum Gasteiger partial charge on any atom is -0.493 e.